The largest absolute Gasteiger partial charge is 0.325 e. The summed E-state index contributed by atoms with van der Waals surface area (Å²) in [5.41, 5.74) is 4.93. The van der Waals surface area contributed by atoms with Crippen molar-refractivity contribution in [3.63, 3.8) is 0 Å². The second kappa shape index (κ2) is 6.56. The Morgan fingerprint density at radius 2 is 2.08 bits per heavy atom. The molecule has 0 atom stereocenters. The fourth-order valence-electron chi connectivity index (χ4n) is 1.02. The molecule has 0 aliphatic rings. The molecule has 0 saturated carbocycles. The lowest BCUT2D eigenvalue weighted by molar-refractivity contribution is -0.0172. The molecule has 0 radical (unpaired) electrons. The highest BCUT2D eigenvalue weighted by Gasteiger charge is 2.27. The van der Waals surface area contributed by atoms with E-state index in [2.05, 4.69) is 0 Å². The lowest BCUT2D eigenvalue weighted by atomic mass is 10.3. The van der Waals surface area contributed by atoms with Crippen LogP contribution < -0.4 is 5.73 Å². The molecule has 0 unspecified atom stereocenters. The van der Waals surface area contributed by atoms with Crippen LogP contribution in [0.4, 0.5) is 8.78 Å². The summed E-state index contributed by atoms with van der Waals surface area (Å²) in [5.74, 6) is -1.73. The van der Waals surface area contributed by atoms with E-state index in [1.54, 1.807) is 23.7 Å². The van der Waals surface area contributed by atoms with Crippen LogP contribution in [-0.4, -0.2) is 49.5 Å². The molecular weight excluding hydrogens is 194 g/mol. The summed E-state index contributed by atoms with van der Waals surface area (Å²) in [4.78, 5) is 1.63. The van der Waals surface area contributed by atoms with Gasteiger partial charge in [0.05, 0.1) is 13.1 Å². The van der Waals surface area contributed by atoms with Crippen molar-refractivity contribution in [3.8, 4) is 0 Å². The minimum Gasteiger partial charge on any atom is -0.325 e. The van der Waals surface area contributed by atoms with Gasteiger partial charge >= 0.3 is 0 Å². The van der Waals surface area contributed by atoms with E-state index < -0.39 is 12.5 Å². The van der Waals surface area contributed by atoms with Gasteiger partial charge in [-0.3, -0.25) is 0 Å². The van der Waals surface area contributed by atoms with Gasteiger partial charge in [0.15, 0.2) is 0 Å². The Labute approximate surface area is 82.8 Å². The molecule has 0 bridgehead atoms. The molecule has 80 valence electrons. The second-order valence-corrected chi connectivity index (χ2v) is 4.13. The van der Waals surface area contributed by atoms with E-state index >= 15 is 0 Å². The fraction of sp³-hybridized carbons (Fsp3) is 1.00. The van der Waals surface area contributed by atoms with E-state index in [9.17, 15) is 8.78 Å². The van der Waals surface area contributed by atoms with Crippen molar-refractivity contribution >= 4 is 11.8 Å². The van der Waals surface area contributed by atoms with Crippen LogP contribution in [0.15, 0.2) is 0 Å². The van der Waals surface area contributed by atoms with Gasteiger partial charge in [-0.1, -0.05) is 0 Å². The van der Waals surface area contributed by atoms with Crippen LogP contribution in [-0.2, 0) is 0 Å². The molecular formula is C8H18F2N2S. The van der Waals surface area contributed by atoms with Gasteiger partial charge in [0, 0.05) is 0 Å². The molecule has 0 aliphatic carbocycles. The first-order valence-electron chi connectivity index (χ1n) is 4.27. The van der Waals surface area contributed by atoms with Crippen LogP contribution in [0.2, 0.25) is 0 Å². The first kappa shape index (κ1) is 13.1. The molecule has 0 aromatic heterocycles. The quantitative estimate of drug-likeness (QED) is 0.644. The minimum absolute atomic E-state index is 0.238. The van der Waals surface area contributed by atoms with Crippen molar-refractivity contribution in [1.29, 1.82) is 0 Å². The number of hydrogen-bond donors (Lipinski definition) is 1. The number of nitrogens with zero attached hydrogens (tertiary/aromatic N) is 1. The number of halogens is 2. The molecule has 0 aromatic rings. The number of rotatable bonds is 7. The first-order valence-corrected chi connectivity index (χ1v) is 5.66. The van der Waals surface area contributed by atoms with E-state index in [-0.39, 0.29) is 6.54 Å². The lowest BCUT2D eigenvalue weighted by Gasteiger charge is -2.22. The van der Waals surface area contributed by atoms with Crippen molar-refractivity contribution in [2.24, 2.45) is 5.73 Å². The van der Waals surface area contributed by atoms with Gasteiger partial charge < -0.3 is 10.6 Å². The SMILES string of the molecule is CSCCCN(C)CC(F)(F)CN. The Bertz CT molecular complexity index is 133. The van der Waals surface area contributed by atoms with Crippen molar-refractivity contribution in [2.75, 3.05) is 38.7 Å². The van der Waals surface area contributed by atoms with Crippen LogP contribution in [0.3, 0.4) is 0 Å². The van der Waals surface area contributed by atoms with Crippen LogP contribution in [0.5, 0.6) is 0 Å². The van der Waals surface area contributed by atoms with Gasteiger partial charge in [0.1, 0.15) is 0 Å². The maximum Gasteiger partial charge on any atom is 0.272 e. The highest BCUT2D eigenvalue weighted by Crippen LogP contribution is 2.12. The number of hydrogen-bond acceptors (Lipinski definition) is 3. The molecule has 0 saturated heterocycles. The Kier molecular flexibility index (Phi) is 6.63. The summed E-state index contributed by atoms with van der Waals surface area (Å²) in [5, 5.41) is 0. The molecule has 13 heavy (non-hydrogen) atoms. The lowest BCUT2D eigenvalue weighted by Crippen LogP contribution is -2.40. The van der Waals surface area contributed by atoms with E-state index in [1.165, 1.54) is 0 Å². The monoisotopic (exact) mass is 212 g/mol. The van der Waals surface area contributed by atoms with Crippen LogP contribution >= 0.6 is 11.8 Å². The van der Waals surface area contributed by atoms with Gasteiger partial charge in [-0.05, 0) is 32.0 Å². The highest BCUT2D eigenvalue weighted by molar-refractivity contribution is 7.98. The van der Waals surface area contributed by atoms with E-state index in [4.69, 9.17) is 5.73 Å². The van der Waals surface area contributed by atoms with Gasteiger partial charge in [0.2, 0.25) is 0 Å². The number of thioether (sulfide) groups is 1. The molecule has 5 heteroatoms. The maximum atomic E-state index is 12.7. The Morgan fingerprint density at radius 3 is 2.54 bits per heavy atom. The molecule has 0 rings (SSSR count). The average Bonchev–Trinajstić information content (AvgIpc) is 2.04. The zero-order chi connectivity index (χ0) is 10.3. The smallest absolute Gasteiger partial charge is 0.272 e. The Hall–Kier alpha value is 0.130. The van der Waals surface area contributed by atoms with Crippen molar-refractivity contribution in [3.05, 3.63) is 0 Å². The topological polar surface area (TPSA) is 29.3 Å². The zero-order valence-electron chi connectivity index (χ0n) is 8.22. The zero-order valence-corrected chi connectivity index (χ0v) is 9.04. The van der Waals surface area contributed by atoms with Gasteiger partial charge in [-0.15, -0.1) is 0 Å². The summed E-state index contributed by atoms with van der Waals surface area (Å²) in [6, 6.07) is 0. The molecule has 0 aromatic carbocycles. The fourth-order valence-corrected chi connectivity index (χ4v) is 1.44. The number of alkyl halides is 2. The van der Waals surface area contributed by atoms with E-state index in [0.29, 0.717) is 6.54 Å². The van der Waals surface area contributed by atoms with E-state index in [0.717, 1.165) is 12.2 Å². The highest BCUT2D eigenvalue weighted by atomic mass is 32.2. The van der Waals surface area contributed by atoms with Gasteiger partial charge in [0.25, 0.3) is 5.92 Å². The summed E-state index contributed by atoms with van der Waals surface area (Å²) in [7, 11) is 1.70. The van der Waals surface area contributed by atoms with Crippen LogP contribution in [0.1, 0.15) is 6.42 Å². The third kappa shape index (κ3) is 7.22. The Balaban J connectivity index is 3.55. The second-order valence-electron chi connectivity index (χ2n) is 3.14. The molecule has 0 amide bonds. The third-order valence-electron chi connectivity index (χ3n) is 1.69. The van der Waals surface area contributed by atoms with Crippen molar-refractivity contribution in [1.82, 2.24) is 4.90 Å². The minimum atomic E-state index is -2.74. The molecule has 0 fully saturated rings. The van der Waals surface area contributed by atoms with Crippen molar-refractivity contribution < 1.29 is 8.78 Å². The third-order valence-corrected chi connectivity index (χ3v) is 2.39. The van der Waals surface area contributed by atoms with Gasteiger partial charge in [-0.25, -0.2) is 8.78 Å². The predicted octanol–water partition coefficient (Wildman–Crippen LogP) is 1.27. The summed E-state index contributed by atoms with van der Waals surface area (Å²) in [6.07, 6.45) is 2.95. The molecule has 2 nitrogen and oxygen atoms in total. The van der Waals surface area contributed by atoms with Gasteiger partial charge in [-0.2, -0.15) is 11.8 Å². The van der Waals surface area contributed by atoms with Crippen LogP contribution in [0.25, 0.3) is 0 Å². The number of nitrogens with two attached hydrogens (primary N) is 1. The summed E-state index contributed by atoms with van der Waals surface area (Å²) in [6.45, 7) is -0.103. The molecule has 0 aliphatic heterocycles. The van der Waals surface area contributed by atoms with E-state index in [1.807, 2.05) is 6.26 Å². The normalized spacial score (nSPS) is 12.5. The summed E-state index contributed by atoms with van der Waals surface area (Å²) >= 11 is 1.73. The summed E-state index contributed by atoms with van der Waals surface area (Å²) < 4.78 is 25.5. The maximum absolute atomic E-state index is 12.7. The molecule has 2 N–H and O–H groups in total. The van der Waals surface area contributed by atoms with Crippen LogP contribution in [0, 0.1) is 0 Å². The average molecular weight is 212 g/mol. The molecule has 0 heterocycles. The first-order chi connectivity index (χ1) is 6.02. The van der Waals surface area contributed by atoms with Crippen molar-refractivity contribution in [2.45, 2.75) is 12.3 Å². The standard InChI is InChI=1S/C8H18F2N2S/c1-12(4-3-5-13-2)7-8(9,10)6-11/h3-7,11H2,1-2H3. The predicted molar refractivity (Wildman–Crippen MR) is 54.5 cm³/mol. The Morgan fingerprint density at radius 1 is 1.46 bits per heavy atom. The molecule has 0 spiro atoms.